The zero-order valence-electron chi connectivity index (χ0n) is 17.0. The van der Waals surface area contributed by atoms with Gasteiger partial charge in [-0.1, -0.05) is 55.3 Å². The third-order valence-corrected chi connectivity index (χ3v) is 6.93. The van der Waals surface area contributed by atoms with Gasteiger partial charge in [0.25, 0.3) is 5.91 Å². The molecule has 5 rings (SSSR count). The van der Waals surface area contributed by atoms with Crippen molar-refractivity contribution in [1.29, 1.82) is 0 Å². The molecule has 4 nitrogen and oxygen atoms in total. The van der Waals surface area contributed by atoms with E-state index in [1.54, 1.807) is 6.26 Å². The third kappa shape index (κ3) is 3.25. The van der Waals surface area contributed by atoms with E-state index in [0.717, 1.165) is 42.6 Å². The lowest BCUT2D eigenvalue weighted by molar-refractivity contribution is -0.110. The molecule has 30 heavy (non-hydrogen) atoms. The summed E-state index contributed by atoms with van der Waals surface area (Å²) in [6.45, 7) is 0.566. The molecule has 2 heterocycles. The van der Waals surface area contributed by atoms with E-state index in [2.05, 4.69) is 0 Å². The Bertz CT molecular complexity index is 1010. The van der Waals surface area contributed by atoms with Gasteiger partial charge in [0.05, 0.1) is 11.9 Å². The average Bonchev–Trinajstić information content (AvgIpc) is 3.35. The number of rotatable bonds is 3. The van der Waals surface area contributed by atoms with Crippen LogP contribution in [0.25, 0.3) is 11.3 Å². The number of likely N-dealkylation sites (tertiary alicyclic amines) is 1. The second-order valence-electron chi connectivity index (χ2n) is 8.56. The van der Waals surface area contributed by atoms with Crippen LogP contribution in [0, 0.1) is 5.92 Å². The second-order valence-corrected chi connectivity index (χ2v) is 8.56. The van der Waals surface area contributed by atoms with Crippen molar-refractivity contribution in [3.05, 3.63) is 84.1 Å². The first kappa shape index (κ1) is 19.1. The summed E-state index contributed by atoms with van der Waals surface area (Å²) in [4.78, 5) is 15.6. The number of hydrogen-bond donors (Lipinski definition) is 1. The number of piperidine rings is 1. The number of hydrogen-bond acceptors (Lipinski definition) is 3. The van der Waals surface area contributed by atoms with E-state index in [9.17, 15) is 9.90 Å². The first-order valence-corrected chi connectivity index (χ1v) is 10.9. The van der Waals surface area contributed by atoms with E-state index in [1.165, 1.54) is 0 Å². The third-order valence-electron chi connectivity index (χ3n) is 6.93. The van der Waals surface area contributed by atoms with Crippen LogP contribution in [0.15, 0.2) is 77.4 Å². The maximum Gasteiger partial charge on any atom is 0.254 e. The molecular formula is C26H27NO3. The topological polar surface area (TPSA) is 53.7 Å². The predicted octanol–water partition coefficient (Wildman–Crippen LogP) is 5.24. The van der Waals surface area contributed by atoms with Crippen molar-refractivity contribution in [3.8, 4) is 11.3 Å². The maximum absolute atomic E-state index is 13.5. The van der Waals surface area contributed by atoms with E-state index < -0.39 is 5.60 Å². The lowest BCUT2D eigenvalue weighted by atomic mass is 9.66. The number of aliphatic hydroxyl groups is 1. The molecule has 0 unspecified atom stereocenters. The van der Waals surface area contributed by atoms with Gasteiger partial charge in [-0.05, 0) is 49.1 Å². The molecule has 0 bridgehead atoms. The van der Waals surface area contributed by atoms with Crippen molar-refractivity contribution in [2.24, 2.45) is 5.92 Å². The number of fused-ring (bicyclic) bond motifs is 1. The van der Waals surface area contributed by atoms with E-state index in [0.29, 0.717) is 18.5 Å². The highest BCUT2D eigenvalue weighted by Crippen LogP contribution is 2.47. The first-order chi connectivity index (χ1) is 14.7. The molecule has 154 valence electrons. The minimum atomic E-state index is -0.862. The monoisotopic (exact) mass is 401 g/mol. The fourth-order valence-electron chi connectivity index (χ4n) is 5.43. The molecule has 2 aliphatic rings. The molecule has 3 atom stereocenters. The van der Waals surface area contributed by atoms with Crippen LogP contribution in [0.4, 0.5) is 0 Å². The standard InChI is InChI=1S/C26H27NO3/c28-25(20-9-6-8-19(18-20)24-14-7-17-30-24)27-16-15-26(29,21-10-2-1-3-11-21)22-12-4-5-13-23(22)27/h1-3,6-11,14,17-18,22-23,29H,4-5,12-13,15-16H2/t22-,23-,26-/m1/s1. The average molecular weight is 402 g/mol. The summed E-state index contributed by atoms with van der Waals surface area (Å²) in [6.07, 6.45) is 6.32. The minimum Gasteiger partial charge on any atom is -0.464 e. The number of carbonyl (C=O) groups excluding carboxylic acids is 1. The van der Waals surface area contributed by atoms with Gasteiger partial charge in [-0.25, -0.2) is 0 Å². The summed E-state index contributed by atoms with van der Waals surface area (Å²) in [5.74, 6) is 0.882. The Morgan fingerprint density at radius 2 is 1.83 bits per heavy atom. The summed E-state index contributed by atoms with van der Waals surface area (Å²) >= 11 is 0. The van der Waals surface area contributed by atoms with Crippen LogP contribution in [-0.2, 0) is 5.60 Å². The molecule has 3 aromatic rings. The Balaban J connectivity index is 1.45. The van der Waals surface area contributed by atoms with Gasteiger partial charge in [0.1, 0.15) is 5.76 Å². The molecule has 2 aromatic carbocycles. The Morgan fingerprint density at radius 3 is 2.63 bits per heavy atom. The van der Waals surface area contributed by atoms with Crippen LogP contribution in [0.1, 0.15) is 48.0 Å². The van der Waals surface area contributed by atoms with Gasteiger partial charge in [0.15, 0.2) is 0 Å². The van der Waals surface area contributed by atoms with Crippen LogP contribution in [0.5, 0.6) is 0 Å². The zero-order valence-corrected chi connectivity index (χ0v) is 17.0. The summed E-state index contributed by atoms with van der Waals surface area (Å²) in [6, 6.07) is 21.5. The molecule has 1 saturated heterocycles. The number of amides is 1. The van der Waals surface area contributed by atoms with Gasteiger partial charge in [-0.2, -0.15) is 0 Å². The van der Waals surface area contributed by atoms with Crippen LogP contribution < -0.4 is 0 Å². The summed E-state index contributed by atoms with van der Waals surface area (Å²) < 4.78 is 5.50. The Morgan fingerprint density at radius 1 is 1.00 bits per heavy atom. The van der Waals surface area contributed by atoms with Crippen molar-refractivity contribution in [2.75, 3.05) is 6.54 Å². The van der Waals surface area contributed by atoms with Gasteiger partial charge >= 0.3 is 0 Å². The lowest BCUT2D eigenvalue weighted by Crippen LogP contribution is -2.59. The fraction of sp³-hybridized carbons (Fsp3) is 0.346. The Labute approximate surface area is 177 Å². The van der Waals surface area contributed by atoms with Crippen molar-refractivity contribution < 1.29 is 14.3 Å². The van der Waals surface area contributed by atoms with Crippen LogP contribution in [-0.4, -0.2) is 28.5 Å². The molecular weight excluding hydrogens is 374 g/mol. The van der Waals surface area contributed by atoms with Crippen molar-refractivity contribution in [1.82, 2.24) is 4.90 Å². The predicted molar refractivity (Wildman–Crippen MR) is 116 cm³/mol. The van der Waals surface area contributed by atoms with Gasteiger partial charge in [-0.15, -0.1) is 0 Å². The highest BCUT2D eigenvalue weighted by molar-refractivity contribution is 5.95. The van der Waals surface area contributed by atoms with Crippen molar-refractivity contribution in [2.45, 2.75) is 43.7 Å². The molecule has 0 spiro atoms. The van der Waals surface area contributed by atoms with Crippen molar-refractivity contribution >= 4 is 5.91 Å². The largest absolute Gasteiger partial charge is 0.464 e. The molecule has 2 fully saturated rings. The van der Waals surface area contributed by atoms with E-state index >= 15 is 0 Å². The lowest BCUT2D eigenvalue weighted by Gasteiger charge is -2.52. The highest BCUT2D eigenvalue weighted by Gasteiger charge is 2.50. The quantitative estimate of drug-likeness (QED) is 0.653. The van der Waals surface area contributed by atoms with Crippen LogP contribution in [0.3, 0.4) is 0 Å². The maximum atomic E-state index is 13.5. The summed E-state index contributed by atoms with van der Waals surface area (Å²) in [7, 11) is 0. The highest BCUT2D eigenvalue weighted by atomic mass is 16.3. The second kappa shape index (κ2) is 7.77. The summed E-state index contributed by atoms with van der Waals surface area (Å²) in [5.41, 5.74) is 1.70. The number of nitrogens with zero attached hydrogens (tertiary/aromatic N) is 1. The number of benzene rings is 2. The van der Waals surface area contributed by atoms with E-state index in [-0.39, 0.29) is 17.9 Å². The van der Waals surface area contributed by atoms with E-state index in [1.807, 2.05) is 71.6 Å². The van der Waals surface area contributed by atoms with Gasteiger partial charge < -0.3 is 14.4 Å². The molecule has 1 aliphatic heterocycles. The smallest absolute Gasteiger partial charge is 0.254 e. The Kier molecular flexibility index (Phi) is 4.95. The molecule has 4 heteroatoms. The molecule has 1 N–H and O–H groups in total. The van der Waals surface area contributed by atoms with Gasteiger partial charge in [0.2, 0.25) is 0 Å². The SMILES string of the molecule is O=C(c1cccc(-c2ccco2)c1)N1CC[C@@](O)(c2ccccc2)[C@@H]2CCCC[C@H]21. The molecule has 1 aromatic heterocycles. The molecule has 1 aliphatic carbocycles. The molecule has 1 saturated carbocycles. The first-order valence-electron chi connectivity index (χ1n) is 10.9. The zero-order chi connectivity index (χ0) is 20.6. The Hall–Kier alpha value is -2.85. The van der Waals surface area contributed by atoms with Crippen LogP contribution in [0.2, 0.25) is 0 Å². The minimum absolute atomic E-state index is 0.0513. The van der Waals surface area contributed by atoms with Crippen LogP contribution >= 0.6 is 0 Å². The molecule has 0 radical (unpaired) electrons. The van der Waals surface area contributed by atoms with Crippen molar-refractivity contribution in [3.63, 3.8) is 0 Å². The van der Waals surface area contributed by atoms with Gasteiger partial charge in [0, 0.05) is 29.6 Å². The summed E-state index contributed by atoms with van der Waals surface area (Å²) in [5, 5.41) is 11.7. The number of carbonyl (C=O) groups is 1. The normalized spacial score (nSPS) is 26.2. The molecule has 1 amide bonds. The van der Waals surface area contributed by atoms with Gasteiger partial charge in [-0.3, -0.25) is 4.79 Å². The number of furan rings is 1. The van der Waals surface area contributed by atoms with E-state index in [4.69, 9.17) is 4.42 Å². The fourth-order valence-corrected chi connectivity index (χ4v) is 5.43.